The normalized spacial score (nSPS) is 19.8. The van der Waals surface area contributed by atoms with Crippen molar-refractivity contribution in [3.05, 3.63) is 59.7 Å². The average molecular weight is 482 g/mol. The van der Waals surface area contributed by atoms with E-state index >= 15 is 0 Å². The number of aliphatic carboxylic acids is 1. The molecule has 2 aliphatic rings. The number of likely N-dealkylation sites (N-methyl/N-ethyl adjacent to an activating group) is 1. The molecule has 0 saturated carbocycles. The summed E-state index contributed by atoms with van der Waals surface area (Å²) in [6.45, 7) is 0.536. The predicted molar refractivity (Wildman–Crippen MR) is 129 cm³/mol. The maximum Gasteiger partial charge on any atom is 0.407 e. The summed E-state index contributed by atoms with van der Waals surface area (Å²) in [5.41, 5.74) is 3.04. The number of alkyl carbamates (subject to hydrolysis) is 1. The fraction of sp³-hybridized carbons (Fsp3) is 0.423. The summed E-state index contributed by atoms with van der Waals surface area (Å²) >= 11 is 0. The van der Waals surface area contributed by atoms with Crippen molar-refractivity contribution in [2.75, 3.05) is 47.4 Å². The van der Waals surface area contributed by atoms with Crippen LogP contribution >= 0.6 is 0 Å². The van der Waals surface area contributed by atoms with Crippen LogP contribution < -0.4 is 5.32 Å². The zero-order chi connectivity index (χ0) is 25.2. The molecule has 2 aromatic rings. The summed E-state index contributed by atoms with van der Waals surface area (Å²) in [5, 5.41) is 12.2. The Morgan fingerprint density at radius 3 is 2.23 bits per heavy atom. The largest absolute Gasteiger partial charge is 0.479 e. The number of nitrogens with zero attached hydrogens (tertiary/aromatic N) is 2. The van der Waals surface area contributed by atoms with Crippen molar-refractivity contribution < 1.29 is 29.0 Å². The molecule has 2 aromatic carbocycles. The molecule has 2 N–H and O–H groups in total. The van der Waals surface area contributed by atoms with Crippen LogP contribution in [0.25, 0.3) is 11.1 Å². The van der Waals surface area contributed by atoms with Gasteiger partial charge in [0.15, 0.2) is 5.60 Å². The molecule has 0 radical (unpaired) electrons. The highest BCUT2D eigenvalue weighted by Crippen LogP contribution is 2.44. The Morgan fingerprint density at radius 2 is 1.71 bits per heavy atom. The highest BCUT2D eigenvalue weighted by Gasteiger charge is 2.47. The first-order valence-electron chi connectivity index (χ1n) is 11.6. The standard InChI is InChI=1S/C26H31N3O6/c1-28(2)14-22(23(30)29-13-12-26(16-29,34-3)24(31)32)27-25(33)35-15-21-19-10-6-4-8-17(19)18-9-5-7-11-20(18)21/h4-11,21-22H,12-16H2,1-3H3,(H,27,33)(H,31,32)/t22-,26?/m0/s1. The lowest BCUT2D eigenvalue weighted by Gasteiger charge is -2.28. The van der Waals surface area contributed by atoms with Gasteiger partial charge in [-0.2, -0.15) is 0 Å². The van der Waals surface area contributed by atoms with Gasteiger partial charge in [0.1, 0.15) is 12.6 Å². The van der Waals surface area contributed by atoms with E-state index in [1.165, 1.54) is 12.0 Å². The lowest BCUT2D eigenvalue weighted by Crippen LogP contribution is -2.54. The fourth-order valence-corrected chi connectivity index (χ4v) is 4.95. The van der Waals surface area contributed by atoms with Crippen LogP contribution in [-0.4, -0.2) is 92.0 Å². The van der Waals surface area contributed by atoms with E-state index in [9.17, 15) is 19.5 Å². The van der Waals surface area contributed by atoms with E-state index in [4.69, 9.17) is 9.47 Å². The molecule has 1 unspecified atom stereocenters. The van der Waals surface area contributed by atoms with Crippen molar-refractivity contribution in [1.29, 1.82) is 0 Å². The molecule has 0 bridgehead atoms. The van der Waals surface area contributed by atoms with Gasteiger partial charge >= 0.3 is 12.1 Å². The second kappa shape index (κ2) is 10.1. The quantitative estimate of drug-likeness (QED) is 0.595. The number of carboxylic acid groups (broad SMARTS) is 1. The molecule has 1 aliphatic heterocycles. The first-order chi connectivity index (χ1) is 16.8. The van der Waals surface area contributed by atoms with E-state index in [0.717, 1.165) is 22.3 Å². The second-order valence-corrected chi connectivity index (χ2v) is 9.30. The molecule has 0 aromatic heterocycles. The number of hydrogen-bond acceptors (Lipinski definition) is 6. The Kier molecular flexibility index (Phi) is 7.09. The summed E-state index contributed by atoms with van der Waals surface area (Å²) in [6.07, 6.45) is -0.507. The van der Waals surface area contributed by atoms with Gasteiger partial charge in [-0.15, -0.1) is 0 Å². The van der Waals surface area contributed by atoms with E-state index in [-0.39, 0.29) is 44.5 Å². The van der Waals surface area contributed by atoms with Crippen molar-refractivity contribution in [2.45, 2.75) is 24.0 Å². The van der Waals surface area contributed by atoms with Crippen LogP contribution in [0.1, 0.15) is 23.5 Å². The van der Waals surface area contributed by atoms with Gasteiger partial charge in [0, 0.05) is 32.5 Å². The molecule has 2 amide bonds. The molecule has 2 atom stereocenters. The van der Waals surface area contributed by atoms with E-state index in [2.05, 4.69) is 17.4 Å². The first kappa shape index (κ1) is 24.7. The number of carbonyl (C=O) groups is 3. The molecule has 1 aliphatic carbocycles. The Bertz CT molecular complexity index is 1070. The van der Waals surface area contributed by atoms with E-state index in [1.807, 2.05) is 36.4 Å². The van der Waals surface area contributed by atoms with Crippen LogP contribution in [0.15, 0.2) is 48.5 Å². The van der Waals surface area contributed by atoms with Crippen LogP contribution in [-0.2, 0) is 19.1 Å². The van der Waals surface area contributed by atoms with Gasteiger partial charge in [-0.25, -0.2) is 9.59 Å². The lowest BCUT2D eigenvalue weighted by atomic mass is 9.98. The van der Waals surface area contributed by atoms with Crippen LogP contribution in [0, 0.1) is 0 Å². The maximum absolute atomic E-state index is 13.2. The van der Waals surface area contributed by atoms with Gasteiger partial charge in [-0.05, 0) is 36.3 Å². The molecule has 186 valence electrons. The molecule has 35 heavy (non-hydrogen) atoms. The molecule has 1 saturated heterocycles. The molecular formula is C26H31N3O6. The highest BCUT2D eigenvalue weighted by molar-refractivity contribution is 5.88. The predicted octanol–water partition coefficient (Wildman–Crippen LogP) is 2.16. The van der Waals surface area contributed by atoms with Crippen molar-refractivity contribution in [1.82, 2.24) is 15.1 Å². The summed E-state index contributed by atoms with van der Waals surface area (Å²) < 4.78 is 10.8. The van der Waals surface area contributed by atoms with Gasteiger partial charge in [-0.3, -0.25) is 4.79 Å². The second-order valence-electron chi connectivity index (χ2n) is 9.30. The zero-order valence-electron chi connectivity index (χ0n) is 20.2. The summed E-state index contributed by atoms with van der Waals surface area (Å²) in [4.78, 5) is 40.9. The number of carboxylic acids is 1. The smallest absolute Gasteiger partial charge is 0.407 e. The Morgan fingerprint density at radius 1 is 1.11 bits per heavy atom. The number of likely N-dealkylation sites (tertiary alicyclic amines) is 1. The first-order valence-corrected chi connectivity index (χ1v) is 11.6. The SMILES string of the molecule is COC1(C(=O)O)CCN(C(=O)[C@H](CN(C)C)NC(=O)OCC2c3ccccc3-c3ccccc32)C1. The van der Waals surface area contributed by atoms with Crippen molar-refractivity contribution in [2.24, 2.45) is 0 Å². The monoisotopic (exact) mass is 481 g/mol. The van der Waals surface area contributed by atoms with Crippen molar-refractivity contribution in [3.63, 3.8) is 0 Å². The van der Waals surface area contributed by atoms with Gasteiger partial charge in [0.25, 0.3) is 0 Å². The van der Waals surface area contributed by atoms with Gasteiger partial charge in [0.05, 0.1) is 6.54 Å². The zero-order valence-corrected chi connectivity index (χ0v) is 20.2. The summed E-state index contributed by atoms with van der Waals surface area (Å²) in [7, 11) is 4.91. The third-order valence-electron chi connectivity index (χ3n) is 6.81. The van der Waals surface area contributed by atoms with E-state index in [1.54, 1.807) is 19.0 Å². The molecule has 9 heteroatoms. The van der Waals surface area contributed by atoms with Crippen molar-refractivity contribution in [3.8, 4) is 11.1 Å². The minimum Gasteiger partial charge on any atom is -0.479 e. The average Bonchev–Trinajstić information content (AvgIpc) is 3.42. The third-order valence-corrected chi connectivity index (χ3v) is 6.81. The van der Waals surface area contributed by atoms with Crippen LogP contribution in [0.5, 0.6) is 0 Å². The number of carbonyl (C=O) groups excluding carboxylic acids is 2. The Hall–Kier alpha value is -3.43. The molecule has 0 spiro atoms. The van der Waals surface area contributed by atoms with Crippen LogP contribution in [0.2, 0.25) is 0 Å². The topological polar surface area (TPSA) is 108 Å². The number of fused-ring (bicyclic) bond motifs is 3. The van der Waals surface area contributed by atoms with Gasteiger partial charge < -0.3 is 29.7 Å². The molecular weight excluding hydrogens is 450 g/mol. The minimum atomic E-state index is -1.43. The Balaban J connectivity index is 1.43. The molecule has 1 heterocycles. The molecule has 1 fully saturated rings. The van der Waals surface area contributed by atoms with E-state index < -0.39 is 23.7 Å². The number of amides is 2. The number of ether oxygens (including phenoxy) is 2. The number of methoxy groups -OCH3 is 1. The number of hydrogen-bond donors (Lipinski definition) is 2. The molecule has 4 rings (SSSR count). The third kappa shape index (κ3) is 4.87. The van der Waals surface area contributed by atoms with Gasteiger partial charge in [0.2, 0.25) is 5.91 Å². The van der Waals surface area contributed by atoms with E-state index in [0.29, 0.717) is 0 Å². The maximum atomic E-state index is 13.2. The Labute approximate surface area is 204 Å². The summed E-state index contributed by atoms with van der Waals surface area (Å²) in [6, 6.07) is 15.2. The number of rotatable bonds is 8. The lowest BCUT2D eigenvalue weighted by molar-refractivity contribution is -0.161. The van der Waals surface area contributed by atoms with Crippen LogP contribution in [0.4, 0.5) is 4.79 Å². The highest BCUT2D eigenvalue weighted by atomic mass is 16.5. The van der Waals surface area contributed by atoms with Gasteiger partial charge in [-0.1, -0.05) is 48.5 Å². The summed E-state index contributed by atoms with van der Waals surface area (Å²) in [5.74, 6) is -1.57. The fourth-order valence-electron chi connectivity index (χ4n) is 4.95. The van der Waals surface area contributed by atoms with Crippen molar-refractivity contribution >= 4 is 18.0 Å². The number of benzene rings is 2. The number of nitrogens with one attached hydrogen (secondary N) is 1. The minimum absolute atomic E-state index is 0.0754. The molecule has 9 nitrogen and oxygen atoms in total. The van der Waals surface area contributed by atoms with Crippen LogP contribution in [0.3, 0.4) is 0 Å².